The Bertz CT molecular complexity index is 739. The van der Waals surface area contributed by atoms with Crippen LogP contribution in [0.5, 0.6) is 0 Å². The van der Waals surface area contributed by atoms with E-state index in [1.807, 2.05) is 60.7 Å². The Balaban J connectivity index is 1.96. The van der Waals surface area contributed by atoms with Gasteiger partial charge in [-0.2, -0.15) is 0 Å². The number of benzene rings is 2. The van der Waals surface area contributed by atoms with E-state index in [2.05, 4.69) is 0 Å². The van der Waals surface area contributed by atoms with E-state index in [-0.39, 0.29) is 25.5 Å². The van der Waals surface area contributed by atoms with Gasteiger partial charge in [0, 0.05) is 10.8 Å². The summed E-state index contributed by atoms with van der Waals surface area (Å²) < 4.78 is 13.3. The van der Waals surface area contributed by atoms with Crippen LogP contribution in [0.15, 0.2) is 60.7 Å². The number of imide groups is 1. The third-order valence-corrected chi connectivity index (χ3v) is 6.18. The second-order valence-electron chi connectivity index (χ2n) is 5.83. The fraction of sp³-hybridized carbons (Fsp3) is 0.263. The molecule has 130 valence electrons. The highest BCUT2D eigenvalue weighted by atomic mass is 32.2. The predicted octanol–water partition coefficient (Wildman–Crippen LogP) is 1.64. The Kier molecular flexibility index (Phi) is 5.40. The molecule has 1 fully saturated rings. The number of hydrogen-bond donors (Lipinski definition) is 1. The van der Waals surface area contributed by atoms with E-state index in [0.29, 0.717) is 0 Å². The van der Waals surface area contributed by atoms with Crippen LogP contribution in [0, 0.1) is 0 Å². The molecule has 5 nitrogen and oxygen atoms in total. The van der Waals surface area contributed by atoms with Crippen molar-refractivity contribution in [2.24, 2.45) is 0 Å². The maximum Gasteiger partial charge on any atom is 0.245 e. The number of aliphatic hydroxyl groups is 1. The number of amides is 2. The second-order valence-corrected chi connectivity index (χ2v) is 7.53. The Labute approximate surface area is 148 Å². The van der Waals surface area contributed by atoms with Gasteiger partial charge in [0.15, 0.2) is 0 Å². The summed E-state index contributed by atoms with van der Waals surface area (Å²) in [4.78, 5) is 25.6. The van der Waals surface area contributed by atoms with Gasteiger partial charge in [0.05, 0.1) is 24.8 Å². The van der Waals surface area contributed by atoms with Gasteiger partial charge in [0.1, 0.15) is 5.25 Å². The molecule has 1 aliphatic rings. The first-order valence-electron chi connectivity index (χ1n) is 8.08. The minimum Gasteiger partial charge on any atom is -0.395 e. The summed E-state index contributed by atoms with van der Waals surface area (Å²) in [5, 5.41) is 7.66. The van der Waals surface area contributed by atoms with Gasteiger partial charge < -0.3 is 5.11 Å². The highest BCUT2D eigenvalue weighted by Gasteiger charge is 2.44. The molecule has 2 atom stereocenters. The Morgan fingerprint density at radius 3 is 2.00 bits per heavy atom. The summed E-state index contributed by atoms with van der Waals surface area (Å²) in [6.07, 6.45) is -0.0817. The molecule has 0 radical (unpaired) electrons. The maximum absolute atomic E-state index is 13.3. The highest BCUT2D eigenvalue weighted by Crippen LogP contribution is 2.33. The van der Waals surface area contributed by atoms with E-state index in [4.69, 9.17) is 5.11 Å². The molecule has 2 amide bonds. The third-order valence-electron chi connectivity index (χ3n) is 4.24. The molecular formula is C19H19NO4S. The summed E-state index contributed by atoms with van der Waals surface area (Å²) in [7, 11) is -1.60. The lowest BCUT2D eigenvalue weighted by atomic mass is 10.0. The Hall–Kier alpha value is -2.31. The van der Waals surface area contributed by atoms with Gasteiger partial charge in [-0.3, -0.25) is 18.7 Å². The molecule has 2 aromatic rings. The predicted molar refractivity (Wildman–Crippen MR) is 95.1 cm³/mol. The summed E-state index contributed by atoms with van der Waals surface area (Å²) >= 11 is 0. The normalized spacial score (nSPS) is 18.8. The number of carbonyl (C=O) groups is 2. The lowest BCUT2D eigenvalue weighted by molar-refractivity contribution is -0.138. The van der Waals surface area contributed by atoms with Crippen molar-refractivity contribution in [3.8, 4) is 0 Å². The number of nitrogens with zero attached hydrogens (tertiary/aromatic N) is 1. The summed E-state index contributed by atoms with van der Waals surface area (Å²) in [5.41, 5.74) is 1.68. The molecule has 1 saturated heterocycles. The molecule has 0 aromatic heterocycles. The van der Waals surface area contributed by atoms with E-state index >= 15 is 0 Å². The average Bonchev–Trinajstić information content (AvgIpc) is 2.92. The molecule has 6 heteroatoms. The van der Waals surface area contributed by atoms with Gasteiger partial charge in [-0.15, -0.1) is 0 Å². The maximum atomic E-state index is 13.3. The van der Waals surface area contributed by atoms with Crippen molar-refractivity contribution >= 4 is 22.6 Å². The molecule has 2 unspecified atom stereocenters. The number of β-amino-alcohol motifs (C(OH)–C–C–N with tert-alkyl or cyclic N) is 1. The van der Waals surface area contributed by atoms with Crippen molar-refractivity contribution in [2.45, 2.75) is 16.9 Å². The first-order valence-corrected chi connectivity index (χ1v) is 9.35. The molecule has 25 heavy (non-hydrogen) atoms. The molecule has 0 aliphatic carbocycles. The molecular weight excluding hydrogens is 338 g/mol. The van der Waals surface area contributed by atoms with E-state index in [1.165, 1.54) is 0 Å². The van der Waals surface area contributed by atoms with Crippen LogP contribution in [0.2, 0.25) is 0 Å². The Morgan fingerprint density at radius 2 is 1.52 bits per heavy atom. The number of hydrogen-bond acceptors (Lipinski definition) is 4. The molecule has 0 bridgehead atoms. The van der Waals surface area contributed by atoms with E-state index < -0.39 is 27.2 Å². The van der Waals surface area contributed by atoms with Gasteiger partial charge in [-0.25, -0.2) is 0 Å². The lowest BCUT2D eigenvalue weighted by Gasteiger charge is -2.21. The number of rotatable bonds is 6. The van der Waals surface area contributed by atoms with Crippen molar-refractivity contribution in [3.63, 3.8) is 0 Å². The van der Waals surface area contributed by atoms with Gasteiger partial charge in [0.25, 0.3) is 0 Å². The average molecular weight is 357 g/mol. The van der Waals surface area contributed by atoms with Crippen LogP contribution < -0.4 is 0 Å². The smallest absolute Gasteiger partial charge is 0.245 e. The zero-order valence-corrected chi connectivity index (χ0v) is 14.4. The molecule has 0 spiro atoms. The summed E-state index contributed by atoms with van der Waals surface area (Å²) in [6.45, 7) is -0.343. The number of likely N-dealkylation sites (tertiary alicyclic amines) is 1. The van der Waals surface area contributed by atoms with Crippen molar-refractivity contribution in [1.29, 1.82) is 0 Å². The minimum atomic E-state index is -1.60. The largest absolute Gasteiger partial charge is 0.395 e. The van der Waals surface area contributed by atoms with Crippen LogP contribution in [0.4, 0.5) is 0 Å². The first-order chi connectivity index (χ1) is 12.1. The summed E-state index contributed by atoms with van der Waals surface area (Å²) in [6, 6.07) is 18.7. The second kappa shape index (κ2) is 7.72. The monoisotopic (exact) mass is 357 g/mol. The molecule has 3 rings (SSSR count). The highest BCUT2D eigenvalue weighted by molar-refractivity contribution is 7.87. The van der Waals surface area contributed by atoms with Crippen LogP contribution in [-0.2, 0) is 20.4 Å². The number of carbonyl (C=O) groups excluding carboxylic acids is 2. The van der Waals surface area contributed by atoms with Crippen molar-refractivity contribution in [1.82, 2.24) is 4.90 Å². The molecule has 1 N–H and O–H groups in total. The Morgan fingerprint density at radius 1 is 1.00 bits per heavy atom. The van der Waals surface area contributed by atoms with E-state index in [9.17, 15) is 13.8 Å². The molecule has 2 aromatic carbocycles. The van der Waals surface area contributed by atoms with E-state index in [1.54, 1.807) is 0 Å². The van der Waals surface area contributed by atoms with Gasteiger partial charge in [-0.1, -0.05) is 60.7 Å². The quantitative estimate of drug-likeness (QED) is 0.798. The van der Waals surface area contributed by atoms with Gasteiger partial charge >= 0.3 is 0 Å². The zero-order chi connectivity index (χ0) is 17.8. The molecule has 1 heterocycles. The summed E-state index contributed by atoms with van der Waals surface area (Å²) in [5.74, 6) is -0.841. The zero-order valence-electron chi connectivity index (χ0n) is 13.6. The van der Waals surface area contributed by atoms with Gasteiger partial charge in [-0.05, 0) is 11.1 Å². The molecule has 0 saturated carbocycles. The van der Waals surface area contributed by atoms with Crippen LogP contribution in [-0.4, -0.2) is 44.4 Å². The van der Waals surface area contributed by atoms with Crippen LogP contribution in [0.1, 0.15) is 22.8 Å². The first kappa shape index (κ1) is 17.5. The van der Waals surface area contributed by atoms with Crippen molar-refractivity contribution < 1.29 is 18.9 Å². The van der Waals surface area contributed by atoms with E-state index in [0.717, 1.165) is 16.0 Å². The minimum absolute atomic E-state index is 0.0489. The lowest BCUT2D eigenvalue weighted by Crippen LogP contribution is -2.36. The fourth-order valence-corrected chi connectivity index (χ4v) is 4.86. The molecule has 1 aliphatic heterocycles. The van der Waals surface area contributed by atoms with Crippen molar-refractivity contribution in [2.75, 3.05) is 13.2 Å². The standard InChI is InChI=1S/C19H19NO4S/c21-12-11-20-17(22)13-16(19(20)23)25(24)18(14-7-3-1-4-8-14)15-9-5-2-6-10-15/h1-10,16,18,21H,11-13H2. The van der Waals surface area contributed by atoms with Crippen LogP contribution in [0.25, 0.3) is 0 Å². The topological polar surface area (TPSA) is 74.7 Å². The fourth-order valence-electron chi connectivity index (χ4n) is 3.05. The third kappa shape index (κ3) is 3.55. The van der Waals surface area contributed by atoms with Crippen molar-refractivity contribution in [3.05, 3.63) is 71.8 Å². The van der Waals surface area contributed by atoms with Crippen LogP contribution >= 0.6 is 0 Å². The SMILES string of the molecule is O=C1CC(S(=O)C(c2ccccc2)c2ccccc2)C(=O)N1CCO. The number of aliphatic hydroxyl groups excluding tert-OH is 1. The van der Waals surface area contributed by atoms with Gasteiger partial charge in [0.2, 0.25) is 11.8 Å². The van der Waals surface area contributed by atoms with Crippen LogP contribution in [0.3, 0.4) is 0 Å².